The number of hydrogen-bond acceptors (Lipinski definition) is 5. The van der Waals surface area contributed by atoms with Gasteiger partial charge in [-0.15, -0.1) is 0 Å². The minimum atomic E-state index is -4.07. The van der Waals surface area contributed by atoms with Crippen molar-refractivity contribution in [2.24, 2.45) is 0 Å². The molecule has 1 saturated heterocycles. The van der Waals surface area contributed by atoms with Crippen LogP contribution in [0.2, 0.25) is 0 Å². The zero-order chi connectivity index (χ0) is 24.3. The fourth-order valence-electron chi connectivity index (χ4n) is 3.76. The van der Waals surface area contributed by atoms with Crippen molar-refractivity contribution < 1.29 is 21.6 Å². The number of benzene rings is 3. The van der Waals surface area contributed by atoms with Gasteiger partial charge in [0, 0.05) is 18.8 Å². The van der Waals surface area contributed by atoms with Crippen LogP contribution in [0, 0.1) is 6.92 Å². The second-order valence-electron chi connectivity index (χ2n) is 8.06. The Morgan fingerprint density at radius 1 is 0.824 bits per heavy atom. The molecule has 10 heteroatoms. The van der Waals surface area contributed by atoms with Gasteiger partial charge >= 0.3 is 0 Å². The van der Waals surface area contributed by atoms with Crippen LogP contribution < -0.4 is 10.0 Å². The van der Waals surface area contributed by atoms with Crippen molar-refractivity contribution in [3.8, 4) is 0 Å². The first kappa shape index (κ1) is 23.9. The second kappa shape index (κ2) is 9.57. The summed E-state index contributed by atoms with van der Waals surface area (Å²) < 4.78 is 55.2. The summed E-state index contributed by atoms with van der Waals surface area (Å²) >= 11 is 0. The molecule has 0 atom stereocenters. The lowest BCUT2D eigenvalue weighted by molar-refractivity contribution is 0.102. The van der Waals surface area contributed by atoms with Gasteiger partial charge in [-0.1, -0.05) is 24.3 Å². The molecule has 3 aromatic rings. The Bertz CT molecular complexity index is 1410. The van der Waals surface area contributed by atoms with Gasteiger partial charge in [0.25, 0.3) is 15.9 Å². The molecule has 2 N–H and O–H groups in total. The molecular weight excluding hydrogens is 474 g/mol. The van der Waals surface area contributed by atoms with Crippen LogP contribution in [0.15, 0.2) is 82.6 Å². The third-order valence-corrected chi connectivity index (χ3v) is 8.82. The SMILES string of the molecule is Cc1cccc(NC(=O)c2ccccc2NS(=O)(=O)c2ccc(S(=O)(=O)N3CCCC3)cc2)c1. The van der Waals surface area contributed by atoms with Gasteiger partial charge in [-0.3, -0.25) is 9.52 Å². The van der Waals surface area contributed by atoms with E-state index in [1.165, 1.54) is 40.7 Å². The van der Waals surface area contributed by atoms with Crippen molar-refractivity contribution in [1.82, 2.24) is 4.31 Å². The summed E-state index contributed by atoms with van der Waals surface area (Å²) in [6.45, 7) is 2.83. The van der Waals surface area contributed by atoms with E-state index in [9.17, 15) is 21.6 Å². The number of carbonyl (C=O) groups is 1. The molecule has 1 aliphatic heterocycles. The minimum absolute atomic E-state index is 0.0475. The highest BCUT2D eigenvalue weighted by Crippen LogP contribution is 2.25. The molecule has 0 aliphatic carbocycles. The molecule has 1 amide bonds. The number of nitrogens with zero attached hydrogens (tertiary/aromatic N) is 1. The van der Waals surface area contributed by atoms with E-state index >= 15 is 0 Å². The van der Waals surface area contributed by atoms with E-state index < -0.39 is 26.0 Å². The number of rotatable bonds is 7. The zero-order valence-corrected chi connectivity index (χ0v) is 20.2. The number of nitrogens with one attached hydrogen (secondary N) is 2. The Morgan fingerprint density at radius 2 is 1.47 bits per heavy atom. The largest absolute Gasteiger partial charge is 0.322 e. The predicted molar refractivity (Wildman–Crippen MR) is 131 cm³/mol. The first-order valence-corrected chi connectivity index (χ1v) is 13.7. The topological polar surface area (TPSA) is 113 Å². The quantitative estimate of drug-likeness (QED) is 0.513. The van der Waals surface area contributed by atoms with Crippen LogP contribution in [-0.4, -0.2) is 40.1 Å². The predicted octanol–water partition coefficient (Wildman–Crippen LogP) is 3.83. The number of carbonyl (C=O) groups excluding carboxylic acids is 1. The van der Waals surface area contributed by atoms with Crippen LogP contribution in [0.1, 0.15) is 28.8 Å². The molecule has 1 fully saturated rings. The van der Waals surface area contributed by atoms with Crippen molar-refractivity contribution in [1.29, 1.82) is 0 Å². The summed E-state index contributed by atoms with van der Waals surface area (Å²) in [5.74, 6) is -0.462. The average Bonchev–Trinajstić information content (AvgIpc) is 3.35. The lowest BCUT2D eigenvalue weighted by atomic mass is 10.1. The lowest BCUT2D eigenvalue weighted by Crippen LogP contribution is -2.27. The van der Waals surface area contributed by atoms with Gasteiger partial charge in [0.1, 0.15) is 0 Å². The van der Waals surface area contributed by atoms with Gasteiger partial charge in [-0.25, -0.2) is 16.8 Å². The van der Waals surface area contributed by atoms with E-state index in [0.29, 0.717) is 18.8 Å². The summed E-state index contributed by atoms with van der Waals surface area (Å²) in [7, 11) is -7.71. The lowest BCUT2D eigenvalue weighted by Gasteiger charge is -2.16. The number of anilines is 2. The van der Waals surface area contributed by atoms with Crippen molar-refractivity contribution in [2.45, 2.75) is 29.6 Å². The molecule has 0 bridgehead atoms. The number of sulfonamides is 2. The van der Waals surface area contributed by atoms with Gasteiger partial charge < -0.3 is 5.32 Å². The number of para-hydroxylation sites is 1. The van der Waals surface area contributed by atoms with Crippen LogP contribution in [0.3, 0.4) is 0 Å². The van der Waals surface area contributed by atoms with Gasteiger partial charge in [0.05, 0.1) is 21.0 Å². The fourth-order valence-corrected chi connectivity index (χ4v) is 6.36. The van der Waals surface area contributed by atoms with Crippen LogP contribution >= 0.6 is 0 Å². The molecule has 0 saturated carbocycles. The molecule has 3 aromatic carbocycles. The molecule has 0 radical (unpaired) electrons. The molecule has 1 heterocycles. The highest BCUT2D eigenvalue weighted by Gasteiger charge is 2.27. The number of aryl methyl sites for hydroxylation is 1. The van der Waals surface area contributed by atoms with Crippen LogP contribution in [0.4, 0.5) is 11.4 Å². The second-order valence-corrected chi connectivity index (χ2v) is 11.7. The van der Waals surface area contributed by atoms with Crippen molar-refractivity contribution in [2.75, 3.05) is 23.1 Å². The Kier molecular flexibility index (Phi) is 6.74. The maximum Gasteiger partial charge on any atom is 0.261 e. The highest BCUT2D eigenvalue weighted by molar-refractivity contribution is 7.92. The third-order valence-electron chi connectivity index (χ3n) is 5.53. The van der Waals surface area contributed by atoms with E-state index in [1.807, 2.05) is 25.1 Å². The Hall–Kier alpha value is -3.21. The van der Waals surface area contributed by atoms with Crippen molar-refractivity contribution in [3.63, 3.8) is 0 Å². The molecule has 4 rings (SSSR count). The highest BCUT2D eigenvalue weighted by atomic mass is 32.2. The third kappa shape index (κ3) is 5.14. The van der Waals surface area contributed by atoms with Gasteiger partial charge in [0.2, 0.25) is 10.0 Å². The standard InChI is InChI=1S/C24H25N3O5S2/c1-18-7-6-8-19(17-18)25-24(28)22-9-2-3-10-23(22)26-33(29,30)20-11-13-21(14-12-20)34(31,32)27-15-4-5-16-27/h2-3,6-14,17,26H,4-5,15-16H2,1H3,(H,25,28). The molecule has 178 valence electrons. The monoisotopic (exact) mass is 499 g/mol. The van der Waals surface area contributed by atoms with E-state index in [2.05, 4.69) is 10.0 Å². The Balaban J connectivity index is 1.55. The minimum Gasteiger partial charge on any atom is -0.322 e. The Labute approximate surface area is 199 Å². The first-order valence-electron chi connectivity index (χ1n) is 10.8. The Morgan fingerprint density at radius 3 is 2.15 bits per heavy atom. The van der Waals surface area contributed by atoms with E-state index in [-0.39, 0.29) is 21.0 Å². The van der Waals surface area contributed by atoms with E-state index in [1.54, 1.807) is 18.2 Å². The first-order chi connectivity index (χ1) is 16.2. The van der Waals surface area contributed by atoms with Crippen LogP contribution in [0.25, 0.3) is 0 Å². The molecule has 34 heavy (non-hydrogen) atoms. The maximum absolute atomic E-state index is 13.0. The summed E-state index contributed by atoms with van der Waals surface area (Å²) in [5, 5.41) is 2.77. The van der Waals surface area contributed by atoms with E-state index in [0.717, 1.165) is 18.4 Å². The van der Waals surface area contributed by atoms with Crippen LogP contribution in [-0.2, 0) is 20.0 Å². The molecule has 1 aliphatic rings. The molecule has 0 aromatic heterocycles. The maximum atomic E-state index is 13.0. The number of hydrogen-bond donors (Lipinski definition) is 2. The zero-order valence-electron chi connectivity index (χ0n) is 18.6. The smallest absolute Gasteiger partial charge is 0.261 e. The van der Waals surface area contributed by atoms with Crippen LogP contribution in [0.5, 0.6) is 0 Å². The fraction of sp³-hybridized carbons (Fsp3) is 0.208. The van der Waals surface area contributed by atoms with Gasteiger partial charge in [-0.2, -0.15) is 4.31 Å². The van der Waals surface area contributed by atoms with Gasteiger partial charge in [0.15, 0.2) is 0 Å². The van der Waals surface area contributed by atoms with Crippen molar-refractivity contribution >= 4 is 37.3 Å². The molecule has 8 nitrogen and oxygen atoms in total. The van der Waals surface area contributed by atoms with Crippen molar-refractivity contribution in [3.05, 3.63) is 83.9 Å². The summed E-state index contributed by atoms with van der Waals surface area (Å²) in [6, 6.07) is 18.6. The summed E-state index contributed by atoms with van der Waals surface area (Å²) in [4.78, 5) is 12.8. The summed E-state index contributed by atoms with van der Waals surface area (Å²) in [6.07, 6.45) is 1.62. The average molecular weight is 500 g/mol. The molecule has 0 unspecified atom stereocenters. The molecule has 0 spiro atoms. The summed E-state index contributed by atoms with van der Waals surface area (Å²) in [5.41, 5.74) is 1.83. The number of amides is 1. The molecular formula is C24H25N3O5S2. The van der Waals surface area contributed by atoms with Gasteiger partial charge in [-0.05, 0) is 73.9 Å². The normalized spacial score (nSPS) is 14.6. The van der Waals surface area contributed by atoms with E-state index in [4.69, 9.17) is 0 Å².